The number of halogens is 1. The predicted molar refractivity (Wildman–Crippen MR) is 82.3 cm³/mol. The van der Waals surface area contributed by atoms with Crippen LogP contribution in [0.5, 0.6) is 0 Å². The molecule has 0 aromatic carbocycles. The van der Waals surface area contributed by atoms with Crippen LogP contribution < -0.4 is 5.32 Å². The Morgan fingerprint density at radius 3 is 2.85 bits per heavy atom. The van der Waals surface area contributed by atoms with Crippen LogP contribution in [0.4, 0.5) is 5.82 Å². The third-order valence-corrected chi connectivity index (χ3v) is 4.10. The Bertz CT molecular complexity index is 472. The second-order valence-electron chi connectivity index (χ2n) is 5.42. The molecule has 1 aromatic heterocycles. The molecule has 5 heteroatoms. The number of pyridine rings is 1. The first-order valence-electron chi connectivity index (χ1n) is 7.26. The first-order chi connectivity index (χ1) is 9.61. The molecule has 1 heterocycles. The average molecular weight is 296 g/mol. The summed E-state index contributed by atoms with van der Waals surface area (Å²) in [6, 6.07) is 1.74. The second-order valence-corrected chi connectivity index (χ2v) is 5.82. The van der Waals surface area contributed by atoms with Crippen LogP contribution in [0.3, 0.4) is 0 Å². The molecule has 0 bridgehead atoms. The molecule has 1 aliphatic rings. The van der Waals surface area contributed by atoms with Crippen molar-refractivity contribution in [3.63, 3.8) is 0 Å². The van der Waals surface area contributed by atoms with Gasteiger partial charge in [0, 0.05) is 26.3 Å². The van der Waals surface area contributed by atoms with E-state index in [1.807, 2.05) is 14.0 Å². The van der Waals surface area contributed by atoms with E-state index in [9.17, 15) is 4.79 Å². The fourth-order valence-corrected chi connectivity index (χ4v) is 2.93. The predicted octanol–water partition coefficient (Wildman–Crippen LogP) is 3.43. The molecule has 1 aliphatic carbocycles. The molecule has 0 unspecified atom stereocenters. The van der Waals surface area contributed by atoms with Gasteiger partial charge in [0.15, 0.2) is 0 Å². The fraction of sp³-hybridized carbons (Fsp3) is 0.600. The Kier molecular flexibility index (Phi) is 5.24. The molecule has 0 saturated heterocycles. The van der Waals surface area contributed by atoms with E-state index in [-0.39, 0.29) is 5.91 Å². The van der Waals surface area contributed by atoms with Crippen molar-refractivity contribution >= 4 is 23.3 Å². The maximum atomic E-state index is 12.5. The topological polar surface area (TPSA) is 45.2 Å². The summed E-state index contributed by atoms with van der Waals surface area (Å²) >= 11 is 6.11. The summed E-state index contributed by atoms with van der Waals surface area (Å²) in [4.78, 5) is 18.4. The van der Waals surface area contributed by atoms with E-state index in [0.717, 1.165) is 13.1 Å². The molecule has 2 rings (SSSR count). The van der Waals surface area contributed by atoms with Crippen LogP contribution in [-0.4, -0.2) is 35.9 Å². The highest BCUT2D eigenvalue weighted by atomic mass is 35.5. The van der Waals surface area contributed by atoms with E-state index in [4.69, 9.17) is 11.6 Å². The Morgan fingerprint density at radius 2 is 2.20 bits per heavy atom. The number of hydrogen-bond donors (Lipinski definition) is 1. The number of carbonyl (C=O) groups is 1. The van der Waals surface area contributed by atoms with Crippen LogP contribution in [0.25, 0.3) is 0 Å². The summed E-state index contributed by atoms with van der Waals surface area (Å²) in [5.74, 6) is 1.30. The van der Waals surface area contributed by atoms with Gasteiger partial charge in [0.05, 0.1) is 10.6 Å². The van der Waals surface area contributed by atoms with E-state index in [1.165, 1.54) is 31.9 Å². The second kappa shape index (κ2) is 6.93. The van der Waals surface area contributed by atoms with Crippen molar-refractivity contribution in [3.8, 4) is 0 Å². The van der Waals surface area contributed by atoms with Gasteiger partial charge in [-0.05, 0) is 31.7 Å². The Labute approximate surface area is 125 Å². The van der Waals surface area contributed by atoms with Crippen LogP contribution in [0, 0.1) is 5.92 Å². The maximum Gasteiger partial charge on any atom is 0.255 e. The quantitative estimate of drug-likeness (QED) is 0.905. The number of anilines is 1. The van der Waals surface area contributed by atoms with Crippen LogP contribution in [0.2, 0.25) is 5.02 Å². The van der Waals surface area contributed by atoms with Gasteiger partial charge in [-0.2, -0.15) is 0 Å². The molecular formula is C15H22ClN3O. The maximum absolute atomic E-state index is 12.5. The van der Waals surface area contributed by atoms with Gasteiger partial charge in [0.1, 0.15) is 5.82 Å². The van der Waals surface area contributed by atoms with Gasteiger partial charge >= 0.3 is 0 Å². The van der Waals surface area contributed by atoms with Crippen molar-refractivity contribution in [1.82, 2.24) is 9.88 Å². The summed E-state index contributed by atoms with van der Waals surface area (Å²) in [5.41, 5.74) is 0.526. The number of amides is 1. The monoisotopic (exact) mass is 295 g/mol. The first-order valence-corrected chi connectivity index (χ1v) is 7.64. The minimum Gasteiger partial charge on any atom is -0.370 e. The molecule has 20 heavy (non-hydrogen) atoms. The van der Waals surface area contributed by atoms with E-state index < -0.39 is 0 Å². The van der Waals surface area contributed by atoms with Crippen LogP contribution >= 0.6 is 11.6 Å². The lowest BCUT2D eigenvalue weighted by Crippen LogP contribution is -2.31. The summed E-state index contributed by atoms with van der Waals surface area (Å²) in [6.07, 6.45) is 6.56. The van der Waals surface area contributed by atoms with Gasteiger partial charge in [-0.15, -0.1) is 0 Å². The molecular weight excluding hydrogens is 274 g/mol. The smallest absolute Gasteiger partial charge is 0.255 e. The van der Waals surface area contributed by atoms with E-state index >= 15 is 0 Å². The van der Waals surface area contributed by atoms with Crippen molar-refractivity contribution in [2.75, 3.05) is 25.5 Å². The molecule has 0 spiro atoms. The summed E-state index contributed by atoms with van der Waals surface area (Å²) in [7, 11) is 1.85. The molecule has 1 fully saturated rings. The van der Waals surface area contributed by atoms with Crippen molar-refractivity contribution in [1.29, 1.82) is 0 Å². The Hall–Kier alpha value is -1.29. The highest BCUT2D eigenvalue weighted by Crippen LogP contribution is 2.26. The lowest BCUT2D eigenvalue weighted by atomic mass is 10.1. The minimum atomic E-state index is -0.0246. The Balaban J connectivity index is 2.08. The van der Waals surface area contributed by atoms with Gasteiger partial charge in [0.25, 0.3) is 5.91 Å². The lowest BCUT2D eigenvalue weighted by molar-refractivity contribution is 0.0773. The number of nitrogens with one attached hydrogen (secondary N) is 1. The number of nitrogens with zero attached hydrogens (tertiary/aromatic N) is 2. The molecule has 1 amide bonds. The van der Waals surface area contributed by atoms with E-state index in [2.05, 4.69) is 10.3 Å². The largest absolute Gasteiger partial charge is 0.370 e. The first kappa shape index (κ1) is 15.1. The number of hydrogen-bond acceptors (Lipinski definition) is 3. The SMILES string of the molecule is CCNc1cc(C(=O)N(C)CC2CCCC2)c(Cl)cn1. The zero-order valence-electron chi connectivity index (χ0n) is 12.2. The molecule has 4 nitrogen and oxygen atoms in total. The van der Waals surface area contributed by atoms with Gasteiger partial charge < -0.3 is 10.2 Å². The molecule has 1 N–H and O–H groups in total. The zero-order chi connectivity index (χ0) is 14.5. The summed E-state index contributed by atoms with van der Waals surface area (Å²) < 4.78 is 0. The number of carbonyl (C=O) groups excluding carboxylic acids is 1. The van der Waals surface area contributed by atoms with Crippen molar-refractivity contribution in [2.24, 2.45) is 5.92 Å². The van der Waals surface area contributed by atoms with Crippen LogP contribution in [0.15, 0.2) is 12.3 Å². The molecule has 1 aromatic rings. The van der Waals surface area contributed by atoms with Crippen molar-refractivity contribution in [2.45, 2.75) is 32.6 Å². The normalized spacial score (nSPS) is 15.3. The standard InChI is InChI=1S/C15H22ClN3O/c1-3-17-14-8-12(13(16)9-18-14)15(20)19(2)10-11-6-4-5-7-11/h8-9,11H,3-7,10H2,1-2H3,(H,17,18). The van der Waals surface area contributed by atoms with E-state index in [1.54, 1.807) is 11.0 Å². The third kappa shape index (κ3) is 3.63. The van der Waals surface area contributed by atoms with Crippen LogP contribution in [0.1, 0.15) is 43.0 Å². The molecule has 1 saturated carbocycles. The molecule has 0 radical (unpaired) electrons. The van der Waals surface area contributed by atoms with Crippen molar-refractivity contribution in [3.05, 3.63) is 22.8 Å². The van der Waals surface area contributed by atoms with Gasteiger partial charge in [-0.1, -0.05) is 24.4 Å². The fourth-order valence-electron chi connectivity index (χ4n) is 2.75. The van der Waals surface area contributed by atoms with E-state index in [0.29, 0.717) is 22.3 Å². The average Bonchev–Trinajstić information content (AvgIpc) is 2.93. The highest BCUT2D eigenvalue weighted by Gasteiger charge is 2.22. The zero-order valence-corrected chi connectivity index (χ0v) is 12.9. The lowest BCUT2D eigenvalue weighted by Gasteiger charge is -2.21. The number of aromatic nitrogens is 1. The molecule has 0 aliphatic heterocycles. The van der Waals surface area contributed by atoms with Gasteiger partial charge in [-0.25, -0.2) is 4.98 Å². The highest BCUT2D eigenvalue weighted by molar-refractivity contribution is 6.33. The van der Waals surface area contributed by atoms with Gasteiger partial charge in [0.2, 0.25) is 0 Å². The third-order valence-electron chi connectivity index (χ3n) is 3.80. The number of rotatable bonds is 5. The van der Waals surface area contributed by atoms with Crippen molar-refractivity contribution < 1.29 is 4.79 Å². The molecule has 110 valence electrons. The summed E-state index contributed by atoms with van der Waals surface area (Å²) in [6.45, 7) is 3.57. The molecule has 0 atom stereocenters. The van der Waals surface area contributed by atoms with Gasteiger partial charge in [-0.3, -0.25) is 4.79 Å². The Morgan fingerprint density at radius 1 is 1.50 bits per heavy atom. The summed E-state index contributed by atoms with van der Waals surface area (Å²) in [5, 5.41) is 3.51. The minimum absolute atomic E-state index is 0.0246. The van der Waals surface area contributed by atoms with Crippen LogP contribution in [-0.2, 0) is 0 Å².